The van der Waals surface area contributed by atoms with Crippen molar-refractivity contribution in [1.82, 2.24) is 4.98 Å². The van der Waals surface area contributed by atoms with Gasteiger partial charge in [-0.25, -0.2) is 0 Å². The monoisotopic (exact) mass is 254 g/mol. The van der Waals surface area contributed by atoms with Crippen molar-refractivity contribution in [2.45, 2.75) is 26.7 Å². The van der Waals surface area contributed by atoms with Crippen LogP contribution in [0, 0.1) is 0 Å². The Hall–Kier alpha value is -2.16. The number of para-hydroxylation sites is 1. The number of anilines is 1. The van der Waals surface area contributed by atoms with Crippen LogP contribution in [0.15, 0.2) is 42.6 Å². The van der Waals surface area contributed by atoms with Crippen molar-refractivity contribution in [1.29, 1.82) is 0 Å². The Balaban J connectivity index is 2.56. The molecule has 3 heteroatoms. The Morgan fingerprint density at radius 1 is 1.16 bits per heavy atom. The molecule has 0 aliphatic carbocycles. The Labute approximate surface area is 113 Å². The Bertz CT molecular complexity index is 591. The van der Waals surface area contributed by atoms with Gasteiger partial charge in [-0.2, -0.15) is 0 Å². The van der Waals surface area contributed by atoms with Crippen LogP contribution in [0.25, 0.3) is 11.3 Å². The fourth-order valence-electron chi connectivity index (χ4n) is 2.10. The van der Waals surface area contributed by atoms with Crippen molar-refractivity contribution in [3.05, 3.63) is 48.2 Å². The lowest BCUT2D eigenvalue weighted by atomic mass is 9.96. The van der Waals surface area contributed by atoms with Gasteiger partial charge in [-0.15, -0.1) is 0 Å². The van der Waals surface area contributed by atoms with Crippen LogP contribution in [0.1, 0.15) is 32.3 Å². The molecule has 0 aliphatic rings. The molecule has 0 radical (unpaired) electrons. The van der Waals surface area contributed by atoms with E-state index in [1.165, 1.54) is 12.5 Å². The van der Waals surface area contributed by atoms with Gasteiger partial charge in [0.25, 0.3) is 0 Å². The van der Waals surface area contributed by atoms with Gasteiger partial charge in [-0.05, 0) is 23.6 Å². The summed E-state index contributed by atoms with van der Waals surface area (Å²) in [4.78, 5) is 15.8. The third kappa shape index (κ3) is 2.99. The molecular formula is C16H18N2O. The van der Waals surface area contributed by atoms with Crippen LogP contribution in [-0.2, 0) is 4.79 Å². The van der Waals surface area contributed by atoms with E-state index >= 15 is 0 Å². The first-order chi connectivity index (χ1) is 9.09. The number of nitrogens with zero attached hydrogens (tertiary/aromatic N) is 1. The average molecular weight is 254 g/mol. The molecule has 0 aliphatic heterocycles. The number of hydrogen-bond donors (Lipinski definition) is 1. The second kappa shape index (κ2) is 5.65. The fraction of sp³-hybridized carbons (Fsp3) is 0.250. The van der Waals surface area contributed by atoms with Gasteiger partial charge in [0.1, 0.15) is 0 Å². The van der Waals surface area contributed by atoms with Gasteiger partial charge in [0.2, 0.25) is 5.91 Å². The molecule has 0 saturated carbocycles. The molecule has 1 N–H and O–H groups in total. The summed E-state index contributed by atoms with van der Waals surface area (Å²) in [7, 11) is 0. The van der Waals surface area contributed by atoms with E-state index in [0.29, 0.717) is 5.92 Å². The zero-order chi connectivity index (χ0) is 13.8. The second-order valence-electron chi connectivity index (χ2n) is 4.82. The molecule has 2 aromatic rings. The third-order valence-electron chi connectivity index (χ3n) is 2.95. The minimum absolute atomic E-state index is 0.0746. The first-order valence-corrected chi connectivity index (χ1v) is 6.41. The molecule has 2 rings (SSSR count). The normalized spacial score (nSPS) is 10.5. The molecule has 0 bridgehead atoms. The largest absolute Gasteiger partial charge is 0.326 e. The molecule has 1 amide bonds. The highest BCUT2D eigenvalue weighted by atomic mass is 16.1. The Kier molecular flexibility index (Phi) is 3.95. The maximum Gasteiger partial charge on any atom is 0.221 e. The minimum atomic E-state index is -0.0746. The molecule has 1 aromatic heterocycles. The van der Waals surface area contributed by atoms with Crippen LogP contribution in [0.3, 0.4) is 0 Å². The van der Waals surface area contributed by atoms with Gasteiger partial charge in [0.15, 0.2) is 0 Å². The highest BCUT2D eigenvalue weighted by Crippen LogP contribution is 2.32. The molecular weight excluding hydrogens is 236 g/mol. The van der Waals surface area contributed by atoms with Crippen LogP contribution in [-0.4, -0.2) is 10.9 Å². The van der Waals surface area contributed by atoms with E-state index in [2.05, 4.69) is 30.2 Å². The van der Waals surface area contributed by atoms with Crippen LogP contribution in [0.2, 0.25) is 0 Å². The predicted molar refractivity (Wildman–Crippen MR) is 78.1 cm³/mol. The summed E-state index contributed by atoms with van der Waals surface area (Å²) >= 11 is 0. The summed E-state index contributed by atoms with van der Waals surface area (Å²) in [6.45, 7) is 5.79. The number of carbonyl (C=O) groups excluding carboxylic acids is 1. The number of hydrogen-bond acceptors (Lipinski definition) is 2. The molecule has 1 aromatic carbocycles. The maximum absolute atomic E-state index is 11.3. The Morgan fingerprint density at radius 2 is 1.89 bits per heavy atom. The minimum Gasteiger partial charge on any atom is -0.326 e. The van der Waals surface area contributed by atoms with E-state index in [-0.39, 0.29) is 5.91 Å². The lowest BCUT2D eigenvalue weighted by Crippen LogP contribution is -2.07. The van der Waals surface area contributed by atoms with E-state index < -0.39 is 0 Å². The van der Waals surface area contributed by atoms with E-state index in [4.69, 9.17) is 0 Å². The van der Waals surface area contributed by atoms with Crippen LogP contribution in [0.5, 0.6) is 0 Å². The van der Waals surface area contributed by atoms with Crippen LogP contribution < -0.4 is 5.32 Å². The predicted octanol–water partition coefficient (Wildman–Crippen LogP) is 3.83. The molecule has 1 heterocycles. The number of pyridine rings is 1. The first kappa shape index (κ1) is 13.3. The van der Waals surface area contributed by atoms with Gasteiger partial charge in [0, 0.05) is 18.7 Å². The molecule has 98 valence electrons. The van der Waals surface area contributed by atoms with Crippen molar-refractivity contribution >= 4 is 11.6 Å². The Morgan fingerprint density at radius 3 is 2.58 bits per heavy atom. The number of aromatic nitrogens is 1. The average Bonchev–Trinajstić information content (AvgIpc) is 2.38. The van der Waals surface area contributed by atoms with Gasteiger partial charge < -0.3 is 5.32 Å². The summed E-state index contributed by atoms with van der Waals surface area (Å²) < 4.78 is 0. The number of benzene rings is 1. The summed E-state index contributed by atoms with van der Waals surface area (Å²) in [6, 6.07) is 11.8. The topological polar surface area (TPSA) is 42.0 Å². The van der Waals surface area contributed by atoms with E-state index in [9.17, 15) is 4.79 Å². The zero-order valence-corrected chi connectivity index (χ0v) is 11.5. The van der Waals surface area contributed by atoms with Gasteiger partial charge in [-0.1, -0.05) is 38.1 Å². The van der Waals surface area contributed by atoms with Crippen molar-refractivity contribution in [2.75, 3.05) is 5.32 Å². The third-order valence-corrected chi connectivity index (χ3v) is 2.95. The standard InChI is InChI=1S/C16H18N2O/c1-11(2)13-8-6-10-17-16(13)14-7-4-5-9-15(14)18-12(3)19/h4-11H,1-3H3,(H,18,19). The van der Waals surface area contributed by atoms with E-state index in [1.807, 2.05) is 30.3 Å². The van der Waals surface area contributed by atoms with Crippen molar-refractivity contribution in [3.8, 4) is 11.3 Å². The SMILES string of the molecule is CC(=O)Nc1ccccc1-c1ncccc1C(C)C. The molecule has 0 spiro atoms. The quantitative estimate of drug-likeness (QED) is 0.904. The molecule has 0 fully saturated rings. The lowest BCUT2D eigenvalue weighted by molar-refractivity contribution is -0.114. The zero-order valence-electron chi connectivity index (χ0n) is 11.5. The van der Waals surface area contributed by atoms with Crippen molar-refractivity contribution in [3.63, 3.8) is 0 Å². The molecule has 0 saturated heterocycles. The fourth-order valence-corrected chi connectivity index (χ4v) is 2.10. The molecule has 19 heavy (non-hydrogen) atoms. The highest BCUT2D eigenvalue weighted by Gasteiger charge is 2.13. The van der Waals surface area contributed by atoms with Crippen LogP contribution >= 0.6 is 0 Å². The number of amides is 1. The first-order valence-electron chi connectivity index (χ1n) is 6.41. The highest BCUT2D eigenvalue weighted by molar-refractivity contribution is 5.93. The molecule has 0 unspecified atom stereocenters. The maximum atomic E-state index is 11.3. The van der Waals surface area contributed by atoms with Crippen molar-refractivity contribution in [2.24, 2.45) is 0 Å². The summed E-state index contributed by atoms with van der Waals surface area (Å²) in [5, 5.41) is 2.86. The lowest BCUT2D eigenvalue weighted by Gasteiger charge is -2.14. The number of rotatable bonds is 3. The molecule has 0 atom stereocenters. The van der Waals surface area contributed by atoms with Gasteiger partial charge >= 0.3 is 0 Å². The summed E-state index contributed by atoms with van der Waals surface area (Å²) in [5.41, 5.74) is 3.87. The smallest absolute Gasteiger partial charge is 0.221 e. The van der Waals surface area contributed by atoms with E-state index in [1.54, 1.807) is 6.20 Å². The van der Waals surface area contributed by atoms with E-state index in [0.717, 1.165) is 16.9 Å². The van der Waals surface area contributed by atoms with Gasteiger partial charge in [-0.3, -0.25) is 9.78 Å². The van der Waals surface area contributed by atoms with Crippen LogP contribution in [0.4, 0.5) is 5.69 Å². The second-order valence-corrected chi connectivity index (χ2v) is 4.82. The number of nitrogens with one attached hydrogen (secondary N) is 1. The van der Waals surface area contributed by atoms with Crippen molar-refractivity contribution < 1.29 is 4.79 Å². The summed E-state index contributed by atoms with van der Waals surface area (Å²) in [6.07, 6.45) is 1.78. The van der Waals surface area contributed by atoms with Gasteiger partial charge in [0.05, 0.1) is 11.4 Å². The number of carbonyl (C=O) groups is 1. The summed E-state index contributed by atoms with van der Waals surface area (Å²) in [5.74, 6) is 0.309. The molecule has 3 nitrogen and oxygen atoms in total.